The van der Waals surface area contributed by atoms with Crippen molar-refractivity contribution < 1.29 is 4.79 Å². The van der Waals surface area contributed by atoms with Gasteiger partial charge in [-0.3, -0.25) is 4.79 Å². The van der Waals surface area contributed by atoms with Crippen molar-refractivity contribution in [3.63, 3.8) is 0 Å². The summed E-state index contributed by atoms with van der Waals surface area (Å²) in [6.45, 7) is 0.272. The van der Waals surface area contributed by atoms with Crippen LogP contribution in [-0.4, -0.2) is 12.5 Å². The number of anilines is 1. The lowest BCUT2D eigenvalue weighted by molar-refractivity contribution is -0.120. The summed E-state index contributed by atoms with van der Waals surface area (Å²) in [6, 6.07) is 7.18. The van der Waals surface area contributed by atoms with E-state index in [2.05, 4.69) is 11.2 Å². The molecule has 0 aliphatic rings. The number of nitrogen functional groups attached to an aromatic ring is 1. The molecule has 0 unspecified atom stereocenters. The standard InChI is InChI=1S/C11H12N2O/c1-2-7-13-11(14)8-9-3-5-10(12)6-4-9/h1,3-6H,7-8,12H2,(H,13,14). The Hall–Kier alpha value is -1.95. The van der Waals surface area contributed by atoms with Gasteiger partial charge >= 0.3 is 0 Å². The summed E-state index contributed by atoms with van der Waals surface area (Å²) >= 11 is 0. The highest BCUT2D eigenvalue weighted by molar-refractivity contribution is 5.78. The quantitative estimate of drug-likeness (QED) is 0.538. The second-order valence-electron chi connectivity index (χ2n) is 2.90. The molecule has 1 amide bonds. The molecule has 0 heterocycles. The highest BCUT2D eigenvalue weighted by atomic mass is 16.1. The number of hydrogen-bond donors (Lipinski definition) is 2. The minimum atomic E-state index is -0.0762. The first-order valence-corrected chi connectivity index (χ1v) is 4.27. The molecule has 0 radical (unpaired) electrons. The number of hydrogen-bond acceptors (Lipinski definition) is 2. The maximum absolute atomic E-state index is 11.2. The summed E-state index contributed by atoms with van der Waals surface area (Å²) in [4.78, 5) is 11.2. The van der Waals surface area contributed by atoms with E-state index in [4.69, 9.17) is 12.2 Å². The van der Waals surface area contributed by atoms with Crippen LogP contribution in [0.2, 0.25) is 0 Å². The smallest absolute Gasteiger partial charge is 0.225 e. The molecule has 0 saturated carbocycles. The maximum Gasteiger partial charge on any atom is 0.225 e. The van der Waals surface area contributed by atoms with Gasteiger partial charge < -0.3 is 11.1 Å². The molecule has 3 N–H and O–H groups in total. The minimum Gasteiger partial charge on any atom is -0.399 e. The van der Waals surface area contributed by atoms with Gasteiger partial charge in [0.05, 0.1) is 13.0 Å². The van der Waals surface area contributed by atoms with Crippen molar-refractivity contribution in [3.8, 4) is 12.3 Å². The third-order valence-electron chi connectivity index (χ3n) is 1.73. The normalized spacial score (nSPS) is 9.07. The van der Waals surface area contributed by atoms with Gasteiger partial charge in [-0.2, -0.15) is 0 Å². The Morgan fingerprint density at radius 1 is 1.43 bits per heavy atom. The lowest BCUT2D eigenvalue weighted by Crippen LogP contribution is -2.25. The van der Waals surface area contributed by atoms with Crippen molar-refractivity contribution >= 4 is 11.6 Å². The van der Waals surface area contributed by atoms with Crippen molar-refractivity contribution in [3.05, 3.63) is 29.8 Å². The zero-order valence-electron chi connectivity index (χ0n) is 7.79. The van der Waals surface area contributed by atoms with E-state index >= 15 is 0 Å². The Balaban J connectivity index is 2.49. The third kappa shape index (κ3) is 3.20. The molecule has 72 valence electrons. The van der Waals surface area contributed by atoms with Crippen LogP contribution in [0.25, 0.3) is 0 Å². The molecule has 0 spiro atoms. The summed E-state index contributed by atoms with van der Waals surface area (Å²) in [5.74, 6) is 2.27. The van der Waals surface area contributed by atoms with Gasteiger partial charge in [0.1, 0.15) is 0 Å². The van der Waals surface area contributed by atoms with Crippen LogP contribution < -0.4 is 11.1 Å². The summed E-state index contributed by atoms with van der Waals surface area (Å²) < 4.78 is 0. The van der Waals surface area contributed by atoms with Gasteiger partial charge in [-0.05, 0) is 17.7 Å². The monoisotopic (exact) mass is 188 g/mol. The third-order valence-corrected chi connectivity index (χ3v) is 1.73. The fraction of sp³-hybridized carbons (Fsp3) is 0.182. The van der Waals surface area contributed by atoms with E-state index in [1.165, 1.54) is 0 Å². The zero-order valence-corrected chi connectivity index (χ0v) is 7.79. The first kappa shape index (κ1) is 10.1. The van der Waals surface area contributed by atoms with Crippen LogP contribution in [0.5, 0.6) is 0 Å². The van der Waals surface area contributed by atoms with Crippen LogP contribution >= 0.6 is 0 Å². The van der Waals surface area contributed by atoms with E-state index in [9.17, 15) is 4.79 Å². The molecule has 0 aliphatic heterocycles. The number of carbonyl (C=O) groups is 1. The van der Waals surface area contributed by atoms with Crippen LogP contribution in [0, 0.1) is 12.3 Å². The molecule has 0 aliphatic carbocycles. The van der Waals surface area contributed by atoms with E-state index in [1.807, 2.05) is 12.1 Å². The molecule has 0 saturated heterocycles. The summed E-state index contributed by atoms with van der Waals surface area (Å²) in [6.07, 6.45) is 5.34. The molecule has 1 rings (SSSR count). The van der Waals surface area contributed by atoms with E-state index in [-0.39, 0.29) is 12.5 Å². The number of amides is 1. The topological polar surface area (TPSA) is 55.1 Å². The summed E-state index contributed by atoms with van der Waals surface area (Å²) in [5.41, 5.74) is 7.13. The SMILES string of the molecule is C#CCNC(=O)Cc1ccc(N)cc1. The van der Waals surface area contributed by atoms with Crippen molar-refractivity contribution in [2.75, 3.05) is 12.3 Å². The highest BCUT2D eigenvalue weighted by Gasteiger charge is 2.00. The maximum atomic E-state index is 11.2. The molecule has 0 bridgehead atoms. The Labute approximate surface area is 83.3 Å². The average Bonchev–Trinajstić information content (AvgIpc) is 2.18. The predicted octanol–water partition coefficient (Wildman–Crippen LogP) is 0.561. The second kappa shape index (κ2) is 4.93. The van der Waals surface area contributed by atoms with Gasteiger partial charge in [-0.1, -0.05) is 18.1 Å². The Morgan fingerprint density at radius 2 is 2.07 bits per heavy atom. The van der Waals surface area contributed by atoms with Gasteiger partial charge in [0.2, 0.25) is 5.91 Å². The predicted molar refractivity (Wildman–Crippen MR) is 56.4 cm³/mol. The number of benzene rings is 1. The molecule has 14 heavy (non-hydrogen) atoms. The number of rotatable bonds is 3. The highest BCUT2D eigenvalue weighted by Crippen LogP contribution is 2.05. The zero-order chi connectivity index (χ0) is 10.4. The van der Waals surface area contributed by atoms with Crippen LogP contribution in [0.3, 0.4) is 0 Å². The Bertz CT molecular complexity index is 349. The molecule has 0 aromatic heterocycles. The van der Waals surface area contributed by atoms with E-state index in [1.54, 1.807) is 12.1 Å². The molecule has 1 aromatic carbocycles. The van der Waals surface area contributed by atoms with Crippen molar-refractivity contribution in [2.45, 2.75) is 6.42 Å². The van der Waals surface area contributed by atoms with E-state index in [0.29, 0.717) is 12.1 Å². The number of nitrogens with one attached hydrogen (secondary N) is 1. The number of nitrogens with two attached hydrogens (primary N) is 1. The average molecular weight is 188 g/mol. The molecule has 3 nitrogen and oxygen atoms in total. The van der Waals surface area contributed by atoms with Crippen LogP contribution in [0.15, 0.2) is 24.3 Å². The first-order chi connectivity index (χ1) is 6.72. The molecule has 0 atom stereocenters. The number of carbonyl (C=O) groups excluding carboxylic acids is 1. The molecule has 3 heteroatoms. The first-order valence-electron chi connectivity index (χ1n) is 4.27. The van der Waals surface area contributed by atoms with E-state index in [0.717, 1.165) is 5.56 Å². The van der Waals surface area contributed by atoms with Gasteiger partial charge in [-0.25, -0.2) is 0 Å². The molecular weight excluding hydrogens is 176 g/mol. The largest absolute Gasteiger partial charge is 0.399 e. The Morgan fingerprint density at radius 3 is 2.64 bits per heavy atom. The van der Waals surface area contributed by atoms with Gasteiger partial charge in [0.15, 0.2) is 0 Å². The van der Waals surface area contributed by atoms with Gasteiger partial charge in [0.25, 0.3) is 0 Å². The van der Waals surface area contributed by atoms with Crippen molar-refractivity contribution in [1.82, 2.24) is 5.32 Å². The molecule has 1 aromatic rings. The summed E-state index contributed by atoms with van der Waals surface area (Å²) in [7, 11) is 0. The molecular formula is C11H12N2O. The van der Waals surface area contributed by atoms with Gasteiger partial charge in [0, 0.05) is 5.69 Å². The fourth-order valence-electron chi connectivity index (χ4n) is 1.03. The van der Waals surface area contributed by atoms with E-state index < -0.39 is 0 Å². The lowest BCUT2D eigenvalue weighted by atomic mass is 10.1. The molecule has 0 fully saturated rings. The van der Waals surface area contributed by atoms with Crippen molar-refractivity contribution in [2.24, 2.45) is 0 Å². The fourth-order valence-corrected chi connectivity index (χ4v) is 1.03. The summed E-state index contributed by atoms with van der Waals surface area (Å²) in [5, 5.41) is 2.59. The lowest BCUT2D eigenvalue weighted by Gasteiger charge is -2.01. The van der Waals surface area contributed by atoms with Crippen LogP contribution in [0.1, 0.15) is 5.56 Å². The number of terminal acetylenes is 1. The minimum absolute atomic E-state index is 0.0762. The van der Waals surface area contributed by atoms with Crippen LogP contribution in [0.4, 0.5) is 5.69 Å². The second-order valence-corrected chi connectivity index (χ2v) is 2.90. The van der Waals surface area contributed by atoms with Gasteiger partial charge in [-0.15, -0.1) is 6.42 Å². The van der Waals surface area contributed by atoms with Crippen LogP contribution in [-0.2, 0) is 11.2 Å². The Kier molecular flexibility index (Phi) is 3.57. The van der Waals surface area contributed by atoms with Crippen molar-refractivity contribution in [1.29, 1.82) is 0 Å².